The van der Waals surface area contributed by atoms with Crippen LogP contribution >= 0.6 is 0 Å². The number of unbranched alkanes of at least 4 members (excludes halogenated alkanes) is 33. The molecule has 0 atom stereocenters. The van der Waals surface area contributed by atoms with Crippen molar-refractivity contribution in [1.82, 2.24) is 15.1 Å². The zero-order valence-corrected chi connectivity index (χ0v) is 39.9. The number of hydrogen-bond acceptors (Lipinski definition) is 3. The van der Waals surface area contributed by atoms with E-state index in [0.717, 1.165) is 6.54 Å². The van der Waals surface area contributed by atoms with Crippen molar-refractivity contribution in [2.75, 3.05) is 52.4 Å². The second kappa shape index (κ2) is 53.9. The number of hydrogen-bond donors (Lipinski definition) is 1. The van der Waals surface area contributed by atoms with E-state index in [1.807, 2.05) is 0 Å². The maximum atomic E-state index is 3.78. The Hall–Kier alpha value is -0.120. The van der Waals surface area contributed by atoms with E-state index < -0.39 is 0 Å². The van der Waals surface area contributed by atoms with Crippen molar-refractivity contribution in [3.05, 3.63) is 0 Å². The van der Waals surface area contributed by atoms with Gasteiger partial charge in [0.25, 0.3) is 0 Å². The molecule has 0 aromatic carbocycles. The highest BCUT2D eigenvalue weighted by molar-refractivity contribution is 4.66. The fraction of sp³-hybridized carbons (Fsp3) is 1.00. The van der Waals surface area contributed by atoms with Gasteiger partial charge in [-0.3, -0.25) is 0 Å². The van der Waals surface area contributed by atoms with Crippen LogP contribution in [0.15, 0.2) is 0 Å². The van der Waals surface area contributed by atoms with Crippen LogP contribution in [-0.2, 0) is 0 Å². The molecule has 0 fully saturated rings. The molecule has 0 aliphatic carbocycles. The topological polar surface area (TPSA) is 18.5 Å². The van der Waals surface area contributed by atoms with Gasteiger partial charge in [-0.2, -0.15) is 0 Å². The molecule has 0 aromatic rings. The molecular weight excluding hydrogens is 667 g/mol. The number of nitrogens with zero attached hydrogens (tertiary/aromatic N) is 2. The molecule has 0 saturated carbocycles. The maximum Gasteiger partial charge on any atom is 0.0110 e. The summed E-state index contributed by atoms with van der Waals surface area (Å²) >= 11 is 0. The smallest absolute Gasteiger partial charge is 0.0110 e. The fourth-order valence-corrected chi connectivity index (χ4v) is 8.13. The lowest BCUT2D eigenvalue weighted by Gasteiger charge is -2.27. The first kappa shape index (κ1) is 57.0. The number of nitrogens with one attached hydrogen (secondary N) is 1. The summed E-state index contributed by atoms with van der Waals surface area (Å²) in [6.45, 7) is 23.8. The quantitative estimate of drug-likeness (QED) is 0.0621. The van der Waals surface area contributed by atoms with Crippen LogP contribution in [0.1, 0.15) is 286 Å². The lowest BCUT2D eigenvalue weighted by Crippen LogP contribution is -2.39. The minimum Gasteiger partial charge on any atom is -0.315 e. The maximum absolute atomic E-state index is 3.78. The normalized spacial score (nSPS) is 11.6. The highest BCUT2D eigenvalue weighted by Gasteiger charge is 2.09. The summed E-state index contributed by atoms with van der Waals surface area (Å²) < 4.78 is 0. The van der Waals surface area contributed by atoms with Crippen LogP contribution in [-0.4, -0.2) is 62.2 Å². The molecule has 0 aliphatic rings. The first-order chi connectivity index (χ1) is 27.2. The molecular formula is C52H111N3. The molecule has 0 aromatic heterocycles. The second-order valence-corrected chi connectivity index (χ2v) is 17.7. The highest BCUT2D eigenvalue weighted by Crippen LogP contribution is 2.14. The fourth-order valence-electron chi connectivity index (χ4n) is 8.13. The molecule has 0 spiro atoms. The molecule has 55 heavy (non-hydrogen) atoms. The van der Waals surface area contributed by atoms with Gasteiger partial charge in [0.1, 0.15) is 0 Å². The molecule has 0 heterocycles. The Bertz CT molecular complexity index is 606. The molecule has 0 aliphatic heterocycles. The van der Waals surface area contributed by atoms with E-state index in [1.165, 1.54) is 290 Å². The van der Waals surface area contributed by atoms with Crippen molar-refractivity contribution >= 4 is 0 Å². The summed E-state index contributed by atoms with van der Waals surface area (Å²) in [5, 5.41) is 3.78. The zero-order valence-electron chi connectivity index (χ0n) is 39.9. The van der Waals surface area contributed by atoms with Crippen molar-refractivity contribution in [2.45, 2.75) is 286 Å². The average Bonchev–Trinajstić information content (AvgIpc) is 3.19. The molecule has 0 bridgehead atoms. The Balaban J connectivity index is 0. The number of rotatable bonds is 47. The van der Waals surface area contributed by atoms with Crippen molar-refractivity contribution in [3.63, 3.8) is 0 Å². The lowest BCUT2D eigenvalue weighted by molar-refractivity contribution is 0.200. The van der Waals surface area contributed by atoms with Gasteiger partial charge in [-0.15, -0.1) is 0 Å². The lowest BCUT2D eigenvalue weighted by atomic mass is 10.1. The first-order valence-corrected chi connectivity index (χ1v) is 26.3. The molecule has 3 nitrogen and oxygen atoms in total. The van der Waals surface area contributed by atoms with Gasteiger partial charge in [-0.05, 0) is 51.9 Å². The Morgan fingerprint density at radius 2 is 0.455 bits per heavy atom. The largest absolute Gasteiger partial charge is 0.315 e. The van der Waals surface area contributed by atoms with E-state index in [4.69, 9.17) is 0 Å². The standard InChI is InChI=1S/C38H81N3.C14H30/c1-5-9-11-13-15-17-19-21-23-25-27-29-31-39-32-36-41(38-37-40(33-7-3)34-8-4)35-30-28-26-24-22-20-18-16-14-12-10-6-2;1-3-5-7-9-11-13-14-12-10-8-6-4-2/h39H,5-38H2,1-4H3;3-14H2,1-2H3. The van der Waals surface area contributed by atoms with Crippen molar-refractivity contribution in [3.8, 4) is 0 Å². The molecule has 3 heteroatoms. The molecule has 0 amide bonds. The van der Waals surface area contributed by atoms with Gasteiger partial charge in [0.2, 0.25) is 0 Å². The van der Waals surface area contributed by atoms with Crippen LogP contribution in [0, 0.1) is 0 Å². The Morgan fingerprint density at radius 1 is 0.200 bits per heavy atom. The third-order valence-corrected chi connectivity index (χ3v) is 11.9. The summed E-state index contributed by atoms with van der Waals surface area (Å²) in [7, 11) is 0. The molecule has 0 rings (SSSR count). The summed E-state index contributed by atoms with van der Waals surface area (Å²) in [5.74, 6) is 0. The van der Waals surface area contributed by atoms with Crippen LogP contribution in [0.4, 0.5) is 0 Å². The summed E-state index contributed by atoms with van der Waals surface area (Å²) in [4.78, 5) is 5.46. The molecule has 1 N–H and O–H groups in total. The van der Waals surface area contributed by atoms with Crippen molar-refractivity contribution in [2.24, 2.45) is 0 Å². The van der Waals surface area contributed by atoms with E-state index in [1.54, 1.807) is 0 Å². The van der Waals surface area contributed by atoms with Crippen LogP contribution in [0.5, 0.6) is 0 Å². The van der Waals surface area contributed by atoms with E-state index in [-0.39, 0.29) is 0 Å². The first-order valence-electron chi connectivity index (χ1n) is 26.3. The summed E-state index contributed by atoms with van der Waals surface area (Å²) in [6, 6.07) is 0. The molecule has 0 saturated heterocycles. The molecule has 0 unspecified atom stereocenters. The second-order valence-electron chi connectivity index (χ2n) is 17.7. The van der Waals surface area contributed by atoms with Gasteiger partial charge in [-0.1, -0.05) is 260 Å². The summed E-state index contributed by atoms with van der Waals surface area (Å²) in [6.07, 6.45) is 54.5. The third-order valence-electron chi connectivity index (χ3n) is 11.9. The van der Waals surface area contributed by atoms with Crippen LogP contribution in [0.3, 0.4) is 0 Å². The minimum absolute atomic E-state index is 1.16. The van der Waals surface area contributed by atoms with Gasteiger partial charge in [0.05, 0.1) is 0 Å². The van der Waals surface area contributed by atoms with Crippen LogP contribution < -0.4 is 5.32 Å². The Morgan fingerprint density at radius 3 is 0.745 bits per heavy atom. The van der Waals surface area contributed by atoms with Crippen molar-refractivity contribution < 1.29 is 0 Å². The monoisotopic (exact) mass is 778 g/mol. The van der Waals surface area contributed by atoms with Crippen molar-refractivity contribution in [1.29, 1.82) is 0 Å². The predicted molar refractivity (Wildman–Crippen MR) is 255 cm³/mol. The third kappa shape index (κ3) is 51.9. The van der Waals surface area contributed by atoms with Gasteiger partial charge < -0.3 is 15.1 Å². The van der Waals surface area contributed by atoms with E-state index in [9.17, 15) is 0 Å². The molecule has 0 radical (unpaired) electrons. The Kier molecular flexibility index (Phi) is 55.8. The Labute approximate surface area is 351 Å². The highest BCUT2D eigenvalue weighted by atomic mass is 15.2. The predicted octanol–water partition coefficient (Wildman–Crippen LogP) is 17.1. The van der Waals surface area contributed by atoms with Gasteiger partial charge >= 0.3 is 0 Å². The molecule has 334 valence electrons. The zero-order chi connectivity index (χ0) is 40.4. The average molecular weight is 778 g/mol. The van der Waals surface area contributed by atoms with E-state index in [0.29, 0.717) is 0 Å². The van der Waals surface area contributed by atoms with Gasteiger partial charge in [0, 0.05) is 26.2 Å². The van der Waals surface area contributed by atoms with Gasteiger partial charge in [-0.25, -0.2) is 0 Å². The minimum atomic E-state index is 1.16. The van der Waals surface area contributed by atoms with Crippen LogP contribution in [0.25, 0.3) is 0 Å². The van der Waals surface area contributed by atoms with E-state index in [2.05, 4.69) is 56.7 Å². The van der Waals surface area contributed by atoms with Gasteiger partial charge in [0.15, 0.2) is 0 Å². The van der Waals surface area contributed by atoms with Crippen LogP contribution in [0.2, 0.25) is 0 Å². The van der Waals surface area contributed by atoms with E-state index >= 15 is 0 Å². The SMILES string of the molecule is CCCCCCCCCCCCCC.CCCCCCCCCCCCCCNCCN(CCCCCCCCCCCCCC)CCN(CCC)CCC. The summed E-state index contributed by atoms with van der Waals surface area (Å²) in [5.41, 5.74) is 0.